The summed E-state index contributed by atoms with van der Waals surface area (Å²) in [6.07, 6.45) is 1.26. The molecule has 2 aromatic rings. The number of nitrogens with one attached hydrogen (secondary N) is 1. The Morgan fingerprint density at radius 1 is 1.35 bits per heavy atom. The van der Waals surface area contributed by atoms with Crippen LogP contribution in [0.5, 0.6) is 0 Å². The number of esters is 1. The molecule has 0 spiro atoms. The second kappa shape index (κ2) is 7.06. The summed E-state index contributed by atoms with van der Waals surface area (Å²) in [4.78, 5) is 26.5. The maximum Gasteiger partial charge on any atom is 0.337 e. The van der Waals surface area contributed by atoms with Gasteiger partial charge in [-0.25, -0.2) is 14.2 Å². The minimum atomic E-state index is -0.650. The molecule has 0 aliphatic carbocycles. The lowest BCUT2D eigenvalue weighted by molar-refractivity contribution is 0.0600. The first kappa shape index (κ1) is 16.7. The van der Waals surface area contributed by atoms with Gasteiger partial charge >= 0.3 is 5.97 Å². The average molecular weight is 338 g/mol. The summed E-state index contributed by atoms with van der Waals surface area (Å²) >= 11 is 5.98. The first-order valence-electron chi connectivity index (χ1n) is 6.48. The molecular formula is C15H13ClFN3O3. The Hall–Kier alpha value is -2.67. The van der Waals surface area contributed by atoms with Crippen molar-refractivity contribution in [2.45, 2.75) is 6.54 Å². The minimum absolute atomic E-state index is 0.0410. The molecule has 0 bridgehead atoms. The van der Waals surface area contributed by atoms with E-state index in [-0.39, 0.29) is 34.1 Å². The van der Waals surface area contributed by atoms with Crippen molar-refractivity contribution in [2.75, 3.05) is 12.4 Å². The highest BCUT2D eigenvalue weighted by molar-refractivity contribution is 6.33. The van der Waals surface area contributed by atoms with Crippen LogP contribution in [0.25, 0.3) is 0 Å². The van der Waals surface area contributed by atoms with Gasteiger partial charge in [-0.05, 0) is 24.3 Å². The van der Waals surface area contributed by atoms with Gasteiger partial charge in [0.1, 0.15) is 11.6 Å². The van der Waals surface area contributed by atoms with Crippen LogP contribution in [-0.2, 0) is 11.3 Å². The topological polar surface area (TPSA) is 94.3 Å². The Labute approximate surface area is 136 Å². The monoisotopic (exact) mass is 337 g/mol. The lowest BCUT2D eigenvalue weighted by atomic mass is 10.1. The van der Waals surface area contributed by atoms with Crippen LogP contribution in [0.2, 0.25) is 5.02 Å². The third-order valence-electron chi connectivity index (χ3n) is 3.04. The quantitative estimate of drug-likeness (QED) is 0.817. The Morgan fingerprint density at radius 2 is 2.09 bits per heavy atom. The smallest absolute Gasteiger partial charge is 0.337 e. The number of nitrogens with zero attached hydrogens (tertiary/aromatic N) is 1. The van der Waals surface area contributed by atoms with Crippen molar-refractivity contribution in [1.82, 2.24) is 4.98 Å². The van der Waals surface area contributed by atoms with Crippen LogP contribution in [0.4, 0.5) is 10.2 Å². The molecule has 0 saturated carbocycles. The predicted molar refractivity (Wildman–Crippen MR) is 82.8 cm³/mol. The fraction of sp³-hybridized carbons (Fsp3) is 0.133. The maximum atomic E-state index is 13.8. The van der Waals surface area contributed by atoms with Crippen LogP contribution in [0.3, 0.4) is 0 Å². The van der Waals surface area contributed by atoms with Crippen molar-refractivity contribution in [3.63, 3.8) is 0 Å². The fourth-order valence-corrected chi connectivity index (χ4v) is 2.07. The maximum absolute atomic E-state index is 13.8. The number of pyridine rings is 1. The average Bonchev–Trinajstić information content (AvgIpc) is 2.54. The van der Waals surface area contributed by atoms with E-state index in [1.165, 1.54) is 37.6 Å². The molecule has 2 rings (SSSR count). The molecule has 0 radical (unpaired) electrons. The standard InChI is InChI=1S/C15H13ClFN3O3/c1-23-15(22)8-2-3-12(17)9(4-8)6-19-14-11(16)5-10(7-20-14)13(18)21/h2-5,7H,6H2,1H3,(H2,18,21)(H,19,20). The molecule has 6 nitrogen and oxygen atoms in total. The Kier molecular flexibility index (Phi) is 5.13. The summed E-state index contributed by atoms with van der Waals surface area (Å²) in [5, 5.41) is 3.01. The molecule has 0 aliphatic rings. The highest BCUT2D eigenvalue weighted by Crippen LogP contribution is 2.21. The zero-order valence-electron chi connectivity index (χ0n) is 12.1. The van der Waals surface area contributed by atoms with E-state index in [1.807, 2.05) is 0 Å². The predicted octanol–water partition coefficient (Wildman–Crippen LogP) is 2.37. The van der Waals surface area contributed by atoms with Crippen molar-refractivity contribution < 1.29 is 18.7 Å². The Morgan fingerprint density at radius 3 is 2.70 bits per heavy atom. The molecule has 1 aromatic heterocycles. The number of amides is 1. The SMILES string of the molecule is COC(=O)c1ccc(F)c(CNc2ncc(C(N)=O)cc2Cl)c1. The van der Waals surface area contributed by atoms with E-state index in [1.54, 1.807) is 0 Å². The number of halogens is 2. The number of benzene rings is 1. The van der Waals surface area contributed by atoms with Gasteiger partial charge in [-0.1, -0.05) is 11.6 Å². The van der Waals surface area contributed by atoms with Gasteiger partial charge in [0, 0.05) is 18.3 Å². The van der Waals surface area contributed by atoms with E-state index in [4.69, 9.17) is 17.3 Å². The van der Waals surface area contributed by atoms with E-state index in [9.17, 15) is 14.0 Å². The number of carbonyl (C=O) groups excluding carboxylic acids is 2. The molecule has 0 unspecified atom stereocenters. The molecule has 1 heterocycles. The van der Waals surface area contributed by atoms with E-state index in [2.05, 4.69) is 15.0 Å². The number of aromatic nitrogens is 1. The van der Waals surface area contributed by atoms with Gasteiger partial charge in [0.05, 0.1) is 23.3 Å². The summed E-state index contributed by atoms with van der Waals surface area (Å²) in [6.45, 7) is 0.0410. The summed E-state index contributed by atoms with van der Waals surface area (Å²) in [5.74, 6) is -1.44. The third kappa shape index (κ3) is 3.95. The number of methoxy groups -OCH3 is 1. The highest BCUT2D eigenvalue weighted by Gasteiger charge is 2.11. The first-order valence-corrected chi connectivity index (χ1v) is 6.86. The first-order chi connectivity index (χ1) is 10.9. The number of nitrogens with two attached hydrogens (primary N) is 1. The molecule has 120 valence electrons. The van der Waals surface area contributed by atoms with Crippen molar-refractivity contribution in [1.29, 1.82) is 0 Å². The molecule has 8 heteroatoms. The molecule has 23 heavy (non-hydrogen) atoms. The van der Waals surface area contributed by atoms with Gasteiger partial charge in [0.2, 0.25) is 5.91 Å². The number of primary amides is 1. The largest absolute Gasteiger partial charge is 0.465 e. The number of rotatable bonds is 5. The van der Waals surface area contributed by atoms with Gasteiger partial charge in [-0.2, -0.15) is 0 Å². The molecule has 0 fully saturated rings. The summed E-state index contributed by atoms with van der Waals surface area (Å²) < 4.78 is 18.4. The molecule has 1 amide bonds. The van der Waals surface area contributed by atoms with Crippen LogP contribution < -0.4 is 11.1 Å². The van der Waals surface area contributed by atoms with Crippen LogP contribution in [-0.4, -0.2) is 24.0 Å². The van der Waals surface area contributed by atoms with E-state index in [0.717, 1.165) is 0 Å². The van der Waals surface area contributed by atoms with Crippen LogP contribution in [0.1, 0.15) is 26.3 Å². The van der Waals surface area contributed by atoms with Crippen LogP contribution in [0.15, 0.2) is 30.5 Å². The van der Waals surface area contributed by atoms with Gasteiger partial charge in [0.25, 0.3) is 0 Å². The molecular weight excluding hydrogens is 325 g/mol. The zero-order chi connectivity index (χ0) is 17.0. The molecule has 0 aliphatic heterocycles. The van der Waals surface area contributed by atoms with Crippen molar-refractivity contribution in [2.24, 2.45) is 5.73 Å². The fourth-order valence-electron chi connectivity index (χ4n) is 1.84. The summed E-state index contributed by atoms with van der Waals surface area (Å²) in [6, 6.07) is 5.24. The van der Waals surface area contributed by atoms with Crippen molar-refractivity contribution in [3.8, 4) is 0 Å². The number of hydrogen-bond acceptors (Lipinski definition) is 5. The molecule has 1 aromatic carbocycles. The lowest BCUT2D eigenvalue weighted by Gasteiger charge is -2.10. The van der Waals surface area contributed by atoms with Gasteiger partial charge in [0.15, 0.2) is 0 Å². The van der Waals surface area contributed by atoms with Crippen molar-refractivity contribution in [3.05, 3.63) is 58.0 Å². The van der Waals surface area contributed by atoms with E-state index in [0.29, 0.717) is 0 Å². The Bertz CT molecular complexity index is 768. The Balaban J connectivity index is 2.17. The summed E-state index contributed by atoms with van der Waals surface area (Å²) in [5.41, 5.74) is 5.76. The molecule has 3 N–H and O–H groups in total. The van der Waals surface area contributed by atoms with Gasteiger partial charge < -0.3 is 15.8 Å². The lowest BCUT2D eigenvalue weighted by Crippen LogP contribution is -2.12. The summed E-state index contributed by atoms with van der Waals surface area (Å²) in [7, 11) is 1.24. The molecule has 0 saturated heterocycles. The third-order valence-corrected chi connectivity index (χ3v) is 3.33. The zero-order valence-corrected chi connectivity index (χ0v) is 12.9. The number of ether oxygens (including phenoxy) is 1. The van der Waals surface area contributed by atoms with Crippen LogP contribution in [0, 0.1) is 5.82 Å². The van der Waals surface area contributed by atoms with E-state index >= 15 is 0 Å². The number of anilines is 1. The number of hydrogen-bond donors (Lipinski definition) is 2. The second-order valence-corrected chi connectivity index (χ2v) is 4.98. The second-order valence-electron chi connectivity index (χ2n) is 4.57. The number of carbonyl (C=O) groups is 2. The molecule has 0 atom stereocenters. The normalized spacial score (nSPS) is 10.2. The van der Waals surface area contributed by atoms with Crippen molar-refractivity contribution >= 4 is 29.3 Å². The van der Waals surface area contributed by atoms with Gasteiger partial charge in [-0.3, -0.25) is 4.79 Å². The minimum Gasteiger partial charge on any atom is -0.465 e. The van der Waals surface area contributed by atoms with Crippen LogP contribution >= 0.6 is 11.6 Å². The van der Waals surface area contributed by atoms with Gasteiger partial charge in [-0.15, -0.1) is 0 Å². The highest BCUT2D eigenvalue weighted by atomic mass is 35.5. The van der Waals surface area contributed by atoms with E-state index < -0.39 is 17.7 Å².